The molecule has 5 nitrogen and oxygen atoms in total. The summed E-state index contributed by atoms with van der Waals surface area (Å²) in [5.41, 5.74) is 5.30. The molecule has 0 aliphatic rings. The Labute approximate surface area is 86.8 Å². The lowest BCUT2D eigenvalue weighted by molar-refractivity contribution is -0.130. The molecular formula is C8H18N2O3S. The molecule has 0 saturated heterocycles. The van der Waals surface area contributed by atoms with Crippen LogP contribution < -0.4 is 11.1 Å². The molecule has 14 heavy (non-hydrogen) atoms. The molecule has 0 aromatic rings. The number of carbonyl (C=O) groups excluding carboxylic acids is 1. The number of nitrogens with one attached hydrogen (secondary N) is 1. The van der Waals surface area contributed by atoms with Gasteiger partial charge >= 0.3 is 0 Å². The first-order valence-corrected chi connectivity index (χ1v) is 5.97. The Hall–Kier alpha value is -0.460. The van der Waals surface area contributed by atoms with Gasteiger partial charge in [-0.1, -0.05) is 0 Å². The molecular weight excluding hydrogens is 204 g/mol. The van der Waals surface area contributed by atoms with Crippen LogP contribution in [0.5, 0.6) is 0 Å². The van der Waals surface area contributed by atoms with Gasteiger partial charge in [0, 0.05) is 42.5 Å². The summed E-state index contributed by atoms with van der Waals surface area (Å²) in [7, 11) is 0.498. The fraction of sp³-hybridized carbons (Fsp3) is 0.875. The number of rotatable bonds is 6. The number of carbonyl (C=O) groups is 1. The molecule has 3 atom stereocenters. The summed E-state index contributed by atoms with van der Waals surface area (Å²) in [6.07, 6.45) is 0.987. The Bertz CT molecular complexity index is 207. The molecule has 0 rings (SSSR count). The highest BCUT2D eigenvalue weighted by Crippen LogP contribution is 1.92. The second kappa shape index (κ2) is 6.92. The van der Waals surface area contributed by atoms with Crippen molar-refractivity contribution in [2.45, 2.75) is 18.3 Å². The Kier molecular flexibility index (Phi) is 6.69. The maximum atomic E-state index is 11.3. The Morgan fingerprint density at radius 1 is 1.64 bits per heavy atom. The highest BCUT2D eigenvalue weighted by atomic mass is 32.2. The van der Waals surface area contributed by atoms with E-state index in [1.165, 1.54) is 7.11 Å². The fourth-order valence-electron chi connectivity index (χ4n) is 0.786. The normalized spacial score (nSPS) is 17.1. The van der Waals surface area contributed by atoms with Crippen LogP contribution in [0.2, 0.25) is 0 Å². The number of hydrogen-bond acceptors (Lipinski definition) is 4. The van der Waals surface area contributed by atoms with Gasteiger partial charge < -0.3 is 15.8 Å². The van der Waals surface area contributed by atoms with Crippen LogP contribution in [0, 0.1) is 0 Å². The number of nitrogens with two attached hydrogens (primary N) is 1. The lowest BCUT2D eigenvalue weighted by Crippen LogP contribution is -2.43. The quantitative estimate of drug-likeness (QED) is 0.594. The van der Waals surface area contributed by atoms with E-state index in [2.05, 4.69) is 5.32 Å². The summed E-state index contributed by atoms with van der Waals surface area (Å²) < 4.78 is 15.8. The lowest BCUT2D eigenvalue weighted by Gasteiger charge is -2.14. The molecule has 0 aromatic heterocycles. The zero-order valence-electron chi connectivity index (χ0n) is 8.78. The molecule has 0 radical (unpaired) electrons. The van der Waals surface area contributed by atoms with Gasteiger partial charge in [0.1, 0.15) is 6.10 Å². The smallest absolute Gasteiger partial charge is 0.250 e. The minimum atomic E-state index is -0.931. The molecule has 3 N–H and O–H groups in total. The number of ether oxygens (including phenoxy) is 1. The molecule has 0 aromatic carbocycles. The van der Waals surface area contributed by atoms with Crippen molar-refractivity contribution in [2.75, 3.05) is 26.5 Å². The van der Waals surface area contributed by atoms with Crippen molar-refractivity contribution in [2.24, 2.45) is 5.73 Å². The molecule has 0 aliphatic heterocycles. The predicted molar refractivity (Wildman–Crippen MR) is 56.4 cm³/mol. The third-order valence-corrected chi connectivity index (χ3v) is 3.22. The van der Waals surface area contributed by atoms with E-state index in [4.69, 9.17) is 10.5 Å². The molecule has 0 aliphatic carbocycles. The predicted octanol–water partition coefficient (Wildman–Crippen LogP) is -1.16. The SMILES string of the molecule is COC(CN)C(=O)NCC(C)S(C)=O. The van der Waals surface area contributed by atoms with Crippen molar-refractivity contribution in [3.05, 3.63) is 0 Å². The first-order valence-electron chi connectivity index (χ1n) is 4.35. The summed E-state index contributed by atoms with van der Waals surface area (Å²) >= 11 is 0. The van der Waals surface area contributed by atoms with Crippen LogP contribution in [0.4, 0.5) is 0 Å². The number of hydrogen-bond donors (Lipinski definition) is 2. The zero-order valence-corrected chi connectivity index (χ0v) is 9.60. The van der Waals surface area contributed by atoms with Gasteiger partial charge in [-0.3, -0.25) is 9.00 Å². The summed E-state index contributed by atoms with van der Waals surface area (Å²) in [6.45, 7) is 2.33. The topological polar surface area (TPSA) is 81.4 Å². The van der Waals surface area contributed by atoms with E-state index in [1.807, 2.05) is 0 Å². The van der Waals surface area contributed by atoms with Crippen molar-refractivity contribution in [3.8, 4) is 0 Å². The van der Waals surface area contributed by atoms with Gasteiger partial charge in [0.2, 0.25) is 5.91 Å². The van der Waals surface area contributed by atoms with E-state index in [1.54, 1.807) is 13.2 Å². The van der Waals surface area contributed by atoms with E-state index in [0.29, 0.717) is 6.54 Å². The monoisotopic (exact) mass is 222 g/mol. The van der Waals surface area contributed by atoms with E-state index in [-0.39, 0.29) is 17.7 Å². The third-order valence-electron chi connectivity index (χ3n) is 1.92. The van der Waals surface area contributed by atoms with Gasteiger partial charge in [-0.15, -0.1) is 0 Å². The summed E-state index contributed by atoms with van der Waals surface area (Å²) in [6, 6.07) is 0. The second-order valence-corrected chi connectivity index (χ2v) is 4.82. The van der Waals surface area contributed by atoms with Gasteiger partial charge in [0.05, 0.1) is 0 Å². The van der Waals surface area contributed by atoms with E-state index >= 15 is 0 Å². The van der Waals surface area contributed by atoms with Crippen molar-refractivity contribution in [3.63, 3.8) is 0 Å². The average molecular weight is 222 g/mol. The van der Waals surface area contributed by atoms with Gasteiger partial charge in [-0.25, -0.2) is 0 Å². The highest BCUT2D eigenvalue weighted by molar-refractivity contribution is 7.84. The van der Waals surface area contributed by atoms with Crippen LogP contribution in [-0.2, 0) is 20.3 Å². The van der Waals surface area contributed by atoms with Crippen LogP contribution in [0.3, 0.4) is 0 Å². The minimum absolute atomic E-state index is 0.0609. The first-order chi connectivity index (χ1) is 6.52. The van der Waals surface area contributed by atoms with E-state index < -0.39 is 16.9 Å². The molecule has 3 unspecified atom stereocenters. The summed E-state index contributed by atoms with van der Waals surface area (Å²) in [5, 5.41) is 2.57. The van der Waals surface area contributed by atoms with Crippen LogP contribution in [-0.4, -0.2) is 47.9 Å². The summed E-state index contributed by atoms with van der Waals surface area (Å²) in [5.74, 6) is -0.257. The fourth-order valence-corrected chi connectivity index (χ4v) is 1.10. The largest absolute Gasteiger partial charge is 0.370 e. The molecule has 0 saturated carbocycles. The van der Waals surface area contributed by atoms with Gasteiger partial charge in [-0.05, 0) is 6.92 Å². The highest BCUT2D eigenvalue weighted by Gasteiger charge is 2.16. The second-order valence-electron chi connectivity index (χ2n) is 3.01. The van der Waals surface area contributed by atoms with Gasteiger partial charge in [0.15, 0.2) is 0 Å². The van der Waals surface area contributed by atoms with Gasteiger partial charge in [0.25, 0.3) is 0 Å². The number of amides is 1. The molecule has 0 fully saturated rings. The molecule has 6 heteroatoms. The maximum Gasteiger partial charge on any atom is 0.250 e. The molecule has 1 amide bonds. The van der Waals surface area contributed by atoms with Crippen molar-refractivity contribution in [1.82, 2.24) is 5.32 Å². The molecule has 0 bridgehead atoms. The van der Waals surface area contributed by atoms with Crippen molar-refractivity contribution in [1.29, 1.82) is 0 Å². The zero-order chi connectivity index (χ0) is 11.1. The third kappa shape index (κ3) is 4.69. The Morgan fingerprint density at radius 3 is 2.57 bits per heavy atom. The van der Waals surface area contributed by atoms with Crippen LogP contribution >= 0.6 is 0 Å². The molecule has 0 spiro atoms. The van der Waals surface area contributed by atoms with Crippen LogP contribution in [0.25, 0.3) is 0 Å². The molecule has 0 heterocycles. The van der Waals surface area contributed by atoms with Crippen molar-refractivity contribution < 1.29 is 13.7 Å². The first kappa shape index (κ1) is 13.5. The van der Waals surface area contributed by atoms with Gasteiger partial charge in [-0.2, -0.15) is 0 Å². The van der Waals surface area contributed by atoms with Crippen LogP contribution in [0.1, 0.15) is 6.92 Å². The molecule has 84 valence electrons. The lowest BCUT2D eigenvalue weighted by atomic mass is 10.3. The van der Waals surface area contributed by atoms with Crippen LogP contribution in [0.15, 0.2) is 0 Å². The Morgan fingerprint density at radius 2 is 2.21 bits per heavy atom. The summed E-state index contributed by atoms with van der Waals surface area (Å²) in [4.78, 5) is 11.3. The Balaban J connectivity index is 3.89. The standard InChI is InChI=1S/C8H18N2O3S/c1-6(14(3)12)5-10-8(11)7(4-9)13-2/h6-7H,4-5,9H2,1-3H3,(H,10,11). The van der Waals surface area contributed by atoms with Crippen molar-refractivity contribution >= 4 is 16.7 Å². The van der Waals surface area contributed by atoms with E-state index in [9.17, 15) is 9.00 Å². The van der Waals surface area contributed by atoms with E-state index in [0.717, 1.165) is 0 Å². The number of methoxy groups -OCH3 is 1. The average Bonchev–Trinajstić information content (AvgIpc) is 2.15. The maximum absolute atomic E-state index is 11.3. The minimum Gasteiger partial charge on any atom is -0.370 e.